The van der Waals surface area contributed by atoms with Crippen LogP contribution in [0.3, 0.4) is 0 Å². The molecule has 2 N–H and O–H groups in total. The summed E-state index contributed by atoms with van der Waals surface area (Å²) in [6, 6.07) is 6.58. The van der Waals surface area contributed by atoms with E-state index in [4.69, 9.17) is 4.42 Å². The Balaban J connectivity index is 2.13. The Hall–Kier alpha value is -2.08. The SMILES string of the molecule is CCNC(C)c1nnc(Nc2ccc(C)c(N(C)C)c2)o1. The molecule has 0 aliphatic rings. The molecular formula is C15H23N5O. The maximum Gasteiger partial charge on any atom is 0.320 e. The van der Waals surface area contributed by atoms with Gasteiger partial charge in [-0.15, -0.1) is 5.10 Å². The van der Waals surface area contributed by atoms with Crippen LogP contribution in [0.15, 0.2) is 22.6 Å². The smallest absolute Gasteiger partial charge is 0.320 e. The van der Waals surface area contributed by atoms with Crippen LogP contribution >= 0.6 is 0 Å². The van der Waals surface area contributed by atoms with E-state index in [9.17, 15) is 0 Å². The number of hydrogen-bond acceptors (Lipinski definition) is 6. The summed E-state index contributed by atoms with van der Waals surface area (Å²) in [7, 11) is 4.05. The number of nitrogens with one attached hydrogen (secondary N) is 2. The molecule has 2 aromatic rings. The molecule has 0 saturated heterocycles. The summed E-state index contributed by atoms with van der Waals surface area (Å²) in [4.78, 5) is 2.08. The second-order valence-corrected chi connectivity index (χ2v) is 5.25. The normalized spacial score (nSPS) is 12.2. The lowest BCUT2D eigenvalue weighted by molar-refractivity contribution is 0.430. The molecule has 6 heteroatoms. The summed E-state index contributed by atoms with van der Waals surface area (Å²) in [5.74, 6) is 0.583. The average Bonchev–Trinajstić information content (AvgIpc) is 2.89. The fourth-order valence-corrected chi connectivity index (χ4v) is 2.15. The van der Waals surface area contributed by atoms with Gasteiger partial charge in [0.15, 0.2) is 0 Å². The molecule has 0 spiro atoms. The molecule has 1 heterocycles. The van der Waals surface area contributed by atoms with Gasteiger partial charge in [-0.05, 0) is 38.1 Å². The van der Waals surface area contributed by atoms with Gasteiger partial charge < -0.3 is 20.0 Å². The van der Waals surface area contributed by atoms with Crippen molar-refractivity contribution >= 4 is 17.4 Å². The molecule has 1 unspecified atom stereocenters. The Bertz CT molecular complexity index is 593. The first-order valence-corrected chi connectivity index (χ1v) is 7.13. The lowest BCUT2D eigenvalue weighted by atomic mass is 10.1. The van der Waals surface area contributed by atoms with Gasteiger partial charge in [0.1, 0.15) is 0 Å². The summed E-state index contributed by atoms with van der Waals surface area (Å²) in [5.41, 5.74) is 3.30. The van der Waals surface area contributed by atoms with Gasteiger partial charge in [-0.3, -0.25) is 0 Å². The van der Waals surface area contributed by atoms with Gasteiger partial charge >= 0.3 is 6.01 Å². The zero-order valence-corrected chi connectivity index (χ0v) is 13.3. The maximum atomic E-state index is 5.62. The molecule has 0 aliphatic carbocycles. The number of hydrogen-bond donors (Lipinski definition) is 2. The van der Waals surface area contributed by atoms with Crippen LogP contribution in [0, 0.1) is 6.92 Å². The van der Waals surface area contributed by atoms with Gasteiger partial charge in [-0.25, -0.2) is 0 Å². The highest BCUT2D eigenvalue weighted by molar-refractivity contribution is 5.64. The van der Waals surface area contributed by atoms with E-state index in [1.807, 2.05) is 34.0 Å². The quantitative estimate of drug-likeness (QED) is 0.852. The van der Waals surface area contributed by atoms with Gasteiger partial charge in [0.25, 0.3) is 0 Å². The summed E-state index contributed by atoms with van der Waals surface area (Å²) in [6.07, 6.45) is 0. The third-order valence-electron chi connectivity index (χ3n) is 3.26. The predicted octanol–water partition coefficient (Wildman–Crippen LogP) is 2.86. The van der Waals surface area contributed by atoms with Gasteiger partial charge in [-0.2, -0.15) is 0 Å². The topological polar surface area (TPSA) is 66.2 Å². The second-order valence-electron chi connectivity index (χ2n) is 5.25. The van der Waals surface area contributed by atoms with Crippen LogP contribution in [-0.4, -0.2) is 30.8 Å². The van der Waals surface area contributed by atoms with Crippen LogP contribution < -0.4 is 15.5 Å². The van der Waals surface area contributed by atoms with Crippen molar-refractivity contribution in [2.24, 2.45) is 0 Å². The number of aromatic nitrogens is 2. The van der Waals surface area contributed by atoms with Crippen molar-refractivity contribution in [2.75, 3.05) is 30.9 Å². The minimum Gasteiger partial charge on any atom is -0.406 e. The molecule has 0 amide bonds. The third-order valence-corrected chi connectivity index (χ3v) is 3.26. The fraction of sp³-hybridized carbons (Fsp3) is 0.467. The summed E-state index contributed by atoms with van der Waals surface area (Å²) in [6.45, 7) is 6.98. The standard InChI is InChI=1S/C15H23N5O/c1-6-16-11(3)14-18-19-15(21-14)17-12-8-7-10(2)13(9-12)20(4)5/h7-9,11,16H,6H2,1-5H3,(H,17,19). The molecule has 1 atom stereocenters. The molecule has 1 aromatic heterocycles. The van der Waals surface area contributed by atoms with Crippen molar-refractivity contribution in [3.8, 4) is 0 Å². The van der Waals surface area contributed by atoms with E-state index >= 15 is 0 Å². The summed E-state index contributed by atoms with van der Waals surface area (Å²) < 4.78 is 5.62. The first kappa shape index (κ1) is 15.3. The highest BCUT2D eigenvalue weighted by Gasteiger charge is 2.13. The summed E-state index contributed by atoms with van der Waals surface area (Å²) in [5, 5.41) is 14.5. The molecule has 0 saturated carbocycles. The van der Waals surface area contributed by atoms with E-state index in [0.29, 0.717) is 11.9 Å². The molecule has 0 bridgehead atoms. The number of nitrogens with zero attached hydrogens (tertiary/aromatic N) is 3. The van der Waals surface area contributed by atoms with Gasteiger partial charge in [0.2, 0.25) is 5.89 Å². The Labute approximate surface area is 125 Å². The van der Waals surface area contributed by atoms with Gasteiger partial charge in [0, 0.05) is 25.5 Å². The van der Waals surface area contributed by atoms with E-state index in [-0.39, 0.29) is 6.04 Å². The van der Waals surface area contributed by atoms with Crippen LogP contribution in [0.1, 0.15) is 31.3 Å². The zero-order valence-electron chi connectivity index (χ0n) is 13.3. The van der Waals surface area contributed by atoms with Crippen molar-refractivity contribution in [3.63, 3.8) is 0 Å². The van der Waals surface area contributed by atoms with Crippen molar-refractivity contribution in [3.05, 3.63) is 29.7 Å². The minimum absolute atomic E-state index is 0.0494. The Morgan fingerprint density at radius 1 is 1.29 bits per heavy atom. The highest BCUT2D eigenvalue weighted by Crippen LogP contribution is 2.25. The lowest BCUT2D eigenvalue weighted by Crippen LogP contribution is -2.17. The summed E-state index contributed by atoms with van der Waals surface area (Å²) >= 11 is 0. The molecule has 21 heavy (non-hydrogen) atoms. The van der Waals surface area contributed by atoms with Crippen molar-refractivity contribution in [2.45, 2.75) is 26.8 Å². The number of anilines is 3. The molecule has 0 radical (unpaired) electrons. The molecule has 2 rings (SSSR count). The largest absolute Gasteiger partial charge is 0.406 e. The van der Waals surface area contributed by atoms with Gasteiger partial charge in [0.05, 0.1) is 6.04 Å². The van der Waals surface area contributed by atoms with Crippen LogP contribution in [0.25, 0.3) is 0 Å². The Morgan fingerprint density at radius 3 is 2.71 bits per heavy atom. The van der Waals surface area contributed by atoms with Crippen LogP contribution in [0.5, 0.6) is 0 Å². The molecule has 114 valence electrons. The minimum atomic E-state index is 0.0494. The first-order chi connectivity index (χ1) is 10.0. The molecule has 6 nitrogen and oxygen atoms in total. The van der Waals surface area contributed by atoms with Crippen molar-refractivity contribution < 1.29 is 4.42 Å². The predicted molar refractivity (Wildman–Crippen MR) is 85.2 cm³/mol. The number of benzene rings is 1. The molecule has 0 fully saturated rings. The van der Waals surface area contributed by atoms with Crippen LogP contribution in [-0.2, 0) is 0 Å². The Kier molecular flexibility index (Phi) is 4.80. The Morgan fingerprint density at radius 2 is 2.05 bits per heavy atom. The third kappa shape index (κ3) is 3.72. The van der Waals surface area contributed by atoms with E-state index in [1.54, 1.807) is 0 Å². The molecule has 1 aromatic carbocycles. The van der Waals surface area contributed by atoms with Gasteiger partial charge in [-0.1, -0.05) is 18.1 Å². The van der Waals surface area contributed by atoms with Crippen LogP contribution in [0.2, 0.25) is 0 Å². The van der Waals surface area contributed by atoms with Crippen molar-refractivity contribution in [1.29, 1.82) is 0 Å². The first-order valence-electron chi connectivity index (χ1n) is 7.13. The van der Waals surface area contributed by atoms with E-state index in [0.717, 1.165) is 17.9 Å². The monoisotopic (exact) mass is 289 g/mol. The highest BCUT2D eigenvalue weighted by atomic mass is 16.4. The van der Waals surface area contributed by atoms with Crippen LogP contribution in [0.4, 0.5) is 17.4 Å². The maximum absolute atomic E-state index is 5.62. The molecule has 0 aliphatic heterocycles. The number of aryl methyl sites for hydroxylation is 1. The van der Waals surface area contributed by atoms with E-state index in [2.05, 4.69) is 44.8 Å². The number of rotatable bonds is 6. The van der Waals surface area contributed by atoms with E-state index < -0.39 is 0 Å². The molecular weight excluding hydrogens is 266 g/mol. The van der Waals surface area contributed by atoms with Crippen molar-refractivity contribution in [1.82, 2.24) is 15.5 Å². The fourth-order valence-electron chi connectivity index (χ4n) is 2.15. The average molecular weight is 289 g/mol. The second kappa shape index (κ2) is 6.58. The lowest BCUT2D eigenvalue weighted by Gasteiger charge is -2.16. The zero-order chi connectivity index (χ0) is 15.4. The van der Waals surface area contributed by atoms with E-state index in [1.165, 1.54) is 5.56 Å².